The Kier molecular flexibility index (Phi) is 2.89. The van der Waals surface area contributed by atoms with Gasteiger partial charge in [-0.15, -0.1) is 6.58 Å². The molecule has 0 aromatic rings. The highest BCUT2D eigenvalue weighted by Crippen LogP contribution is 2.50. The zero-order valence-electron chi connectivity index (χ0n) is 6.63. The van der Waals surface area contributed by atoms with Crippen LogP contribution in [-0.4, -0.2) is 24.7 Å². The van der Waals surface area contributed by atoms with Crippen LogP contribution in [0, 0.1) is 0 Å². The van der Waals surface area contributed by atoms with Crippen LogP contribution in [0.5, 0.6) is 0 Å². The summed E-state index contributed by atoms with van der Waals surface area (Å²) in [6.45, 7) is 3.53. The predicted octanol–water partition coefficient (Wildman–Crippen LogP) is 2.67. The number of alkyl halides is 1. The Morgan fingerprint density at radius 1 is 1.73 bits per heavy atom. The predicted molar refractivity (Wildman–Crippen MR) is 46.5 cm³/mol. The molecule has 1 heterocycles. The van der Waals surface area contributed by atoms with Crippen molar-refractivity contribution < 1.29 is 8.96 Å². The summed E-state index contributed by atoms with van der Waals surface area (Å²) in [4.78, 5) is 0. The fourth-order valence-electron chi connectivity index (χ4n) is 1.55. The van der Waals surface area contributed by atoms with E-state index in [1.54, 1.807) is 6.08 Å². The maximum atomic E-state index is 12.8. The molecule has 0 radical (unpaired) electrons. The minimum Gasteiger partial charge on any atom is -0.323 e. The zero-order chi connectivity index (χ0) is 8.32. The van der Waals surface area contributed by atoms with Gasteiger partial charge in [-0.25, -0.2) is 4.39 Å². The van der Waals surface area contributed by atoms with Gasteiger partial charge in [0, 0.05) is 18.5 Å². The summed E-state index contributed by atoms with van der Waals surface area (Å²) >= 11 is 0. The van der Waals surface area contributed by atoms with E-state index in [9.17, 15) is 8.96 Å². The molecule has 0 aromatic carbocycles. The minimum atomic E-state index is -2.16. The highest BCUT2D eigenvalue weighted by Gasteiger charge is 2.29. The van der Waals surface area contributed by atoms with Crippen LogP contribution >= 0.6 is 7.14 Å². The normalized spacial score (nSPS) is 38.5. The van der Waals surface area contributed by atoms with Crippen molar-refractivity contribution in [2.75, 3.05) is 18.5 Å². The third-order valence-corrected chi connectivity index (χ3v) is 5.19. The lowest BCUT2D eigenvalue weighted by Gasteiger charge is -2.23. The van der Waals surface area contributed by atoms with Crippen molar-refractivity contribution in [1.82, 2.24) is 0 Å². The van der Waals surface area contributed by atoms with Crippen LogP contribution in [0.3, 0.4) is 0 Å². The topological polar surface area (TPSA) is 17.1 Å². The van der Waals surface area contributed by atoms with E-state index in [-0.39, 0.29) is 0 Å². The molecule has 1 saturated heterocycles. The van der Waals surface area contributed by atoms with Crippen molar-refractivity contribution in [1.29, 1.82) is 0 Å². The molecule has 0 bridgehead atoms. The molecule has 0 aliphatic carbocycles. The fourth-order valence-corrected chi connectivity index (χ4v) is 4.19. The summed E-state index contributed by atoms with van der Waals surface area (Å²) in [5.74, 6) is 0. The number of hydrogen-bond acceptors (Lipinski definition) is 1. The molecule has 1 rings (SSSR count). The van der Waals surface area contributed by atoms with Crippen LogP contribution in [0.4, 0.5) is 4.39 Å². The van der Waals surface area contributed by atoms with Crippen molar-refractivity contribution in [3.05, 3.63) is 12.7 Å². The monoisotopic (exact) mass is 176 g/mol. The Balaban J connectivity index is 2.55. The summed E-state index contributed by atoms with van der Waals surface area (Å²) in [6.07, 6.45) is 3.74. The van der Waals surface area contributed by atoms with Gasteiger partial charge in [0.2, 0.25) is 0 Å². The Morgan fingerprint density at radius 2 is 2.45 bits per heavy atom. The first-order valence-electron chi connectivity index (χ1n) is 3.98. The second-order valence-electron chi connectivity index (χ2n) is 3.18. The van der Waals surface area contributed by atoms with Crippen molar-refractivity contribution in [3.8, 4) is 0 Å². The van der Waals surface area contributed by atoms with Gasteiger partial charge in [-0.2, -0.15) is 0 Å². The van der Waals surface area contributed by atoms with Crippen molar-refractivity contribution in [2.24, 2.45) is 0 Å². The van der Waals surface area contributed by atoms with Crippen LogP contribution in [0.1, 0.15) is 12.8 Å². The van der Waals surface area contributed by atoms with E-state index in [1.165, 1.54) is 0 Å². The van der Waals surface area contributed by atoms with Gasteiger partial charge in [-0.05, 0) is 12.8 Å². The van der Waals surface area contributed by atoms with Gasteiger partial charge in [-0.1, -0.05) is 6.08 Å². The molecule has 1 aliphatic heterocycles. The summed E-state index contributed by atoms with van der Waals surface area (Å²) in [5.41, 5.74) is 0. The molecule has 0 spiro atoms. The van der Waals surface area contributed by atoms with Crippen LogP contribution < -0.4 is 0 Å². The molecule has 3 heteroatoms. The lowest BCUT2D eigenvalue weighted by molar-refractivity contribution is 0.330. The number of hydrogen-bond donors (Lipinski definition) is 0. The van der Waals surface area contributed by atoms with Gasteiger partial charge in [0.25, 0.3) is 0 Å². The zero-order valence-corrected chi connectivity index (χ0v) is 7.53. The van der Waals surface area contributed by atoms with E-state index >= 15 is 0 Å². The molecule has 0 saturated carbocycles. The highest BCUT2D eigenvalue weighted by atomic mass is 31.2. The number of allylic oxidation sites excluding steroid dienone is 1. The maximum absolute atomic E-state index is 12.8. The molecule has 1 nitrogen and oxygen atoms in total. The van der Waals surface area contributed by atoms with Gasteiger partial charge in [-0.3, -0.25) is 0 Å². The standard InChI is InChI=1S/C8H14FOP/c1-2-5-11(10)6-3-4-8(9)7-11/h2,8H,1,3-7H2. The van der Waals surface area contributed by atoms with E-state index in [0.29, 0.717) is 18.7 Å². The summed E-state index contributed by atoms with van der Waals surface area (Å²) in [6, 6.07) is 0. The van der Waals surface area contributed by atoms with Crippen LogP contribution in [0.25, 0.3) is 0 Å². The van der Waals surface area contributed by atoms with Crippen LogP contribution in [-0.2, 0) is 4.57 Å². The first kappa shape index (κ1) is 8.99. The minimum absolute atomic E-state index is 0.291. The SMILES string of the molecule is C=CCP1(=O)CCCC(F)C1. The second kappa shape index (κ2) is 3.53. The Hall–Kier alpha value is -0.100. The lowest BCUT2D eigenvalue weighted by Crippen LogP contribution is -2.17. The van der Waals surface area contributed by atoms with Crippen LogP contribution in [0.2, 0.25) is 0 Å². The average Bonchev–Trinajstić information content (AvgIpc) is 1.86. The van der Waals surface area contributed by atoms with Crippen molar-refractivity contribution in [3.63, 3.8) is 0 Å². The molecule has 1 fully saturated rings. The van der Waals surface area contributed by atoms with E-state index in [1.807, 2.05) is 0 Å². The molecule has 64 valence electrons. The third kappa shape index (κ3) is 2.44. The highest BCUT2D eigenvalue weighted by molar-refractivity contribution is 7.64. The quantitative estimate of drug-likeness (QED) is 0.467. The molecular formula is C8H14FOP. The van der Waals surface area contributed by atoms with Gasteiger partial charge < -0.3 is 4.57 Å². The maximum Gasteiger partial charge on any atom is 0.107 e. The number of rotatable bonds is 2. The average molecular weight is 176 g/mol. The molecule has 0 aromatic heterocycles. The van der Waals surface area contributed by atoms with Gasteiger partial charge >= 0.3 is 0 Å². The third-order valence-electron chi connectivity index (χ3n) is 2.08. The second-order valence-corrected chi connectivity index (χ2v) is 6.47. The van der Waals surface area contributed by atoms with E-state index in [0.717, 1.165) is 12.6 Å². The Bertz CT molecular complexity index is 191. The lowest BCUT2D eigenvalue weighted by atomic mass is 10.2. The largest absolute Gasteiger partial charge is 0.323 e. The van der Waals surface area contributed by atoms with Crippen LogP contribution in [0.15, 0.2) is 12.7 Å². The molecule has 2 atom stereocenters. The fraction of sp³-hybridized carbons (Fsp3) is 0.750. The summed E-state index contributed by atoms with van der Waals surface area (Å²) in [7, 11) is -2.16. The molecule has 11 heavy (non-hydrogen) atoms. The smallest absolute Gasteiger partial charge is 0.107 e. The molecule has 0 N–H and O–H groups in total. The van der Waals surface area contributed by atoms with Crippen molar-refractivity contribution >= 4 is 7.14 Å². The Morgan fingerprint density at radius 3 is 3.00 bits per heavy atom. The van der Waals surface area contributed by atoms with E-state index in [4.69, 9.17) is 0 Å². The molecule has 0 amide bonds. The first-order valence-corrected chi connectivity index (χ1v) is 6.24. The molecule has 2 unspecified atom stereocenters. The summed E-state index contributed by atoms with van der Waals surface area (Å²) in [5, 5.41) is 0. The molecule has 1 aliphatic rings. The van der Waals surface area contributed by atoms with E-state index < -0.39 is 13.3 Å². The molecular weight excluding hydrogens is 162 g/mol. The van der Waals surface area contributed by atoms with Gasteiger partial charge in [0.1, 0.15) is 6.17 Å². The summed E-state index contributed by atoms with van der Waals surface area (Å²) < 4.78 is 24.5. The van der Waals surface area contributed by atoms with E-state index in [2.05, 4.69) is 6.58 Å². The van der Waals surface area contributed by atoms with Crippen molar-refractivity contribution in [2.45, 2.75) is 19.0 Å². The first-order chi connectivity index (χ1) is 5.16. The number of halogens is 1. The Labute approximate surface area is 67.1 Å². The van der Waals surface area contributed by atoms with Gasteiger partial charge in [0.05, 0.1) is 7.14 Å². The van der Waals surface area contributed by atoms with Gasteiger partial charge in [0.15, 0.2) is 0 Å².